The molecule has 0 aliphatic carbocycles. The van der Waals surface area contributed by atoms with E-state index in [1.807, 2.05) is 26.0 Å². The van der Waals surface area contributed by atoms with Crippen LogP contribution in [-0.4, -0.2) is 30.5 Å². The number of carbonyl (C=O) groups is 3. The fourth-order valence-corrected chi connectivity index (χ4v) is 3.29. The maximum Gasteiger partial charge on any atom is 0.343 e. The lowest BCUT2D eigenvalue weighted by molar-refractivity contribution is -0.120. The van der Waals surface area contributed by atoms with Gasteiger partial charge >= 0.3 is 5.97 Å². The number of hydrogen-bond acceptors (Lipinski definition) is 5. The van der Waals surface area contributed by atoms with E-state index in [4.69, 9.17) is 4.74 Å². The number of ether oxygens (including phenoxy) is 1. The molecule has 3 rings (SSSR count). The summed E-state index contributed by atoms with van der Waals surface area (Å²) in [5.41, 5.74) is 5.62. The number of nitrogens with zero attached hydrogens (tertiary/aromatic N) is 1. The number of nitrogens with one attached hydrogen (secondary N) is 2. The Bertz CT molecular complexity index is 1220. The van der Waals surface area contributed by atoms with Crippen molar-refractivity contribution >= 4 is 39.9 Å². The molecule has 0 bridgehead atoms. The van der Waals surface area contributed by atoms with Crippen LogP contribution in [0.1, 0.15) is 37.4 Å². The first-order valence-electron chi connectivity index (χ1n) is 10.1. The SMILES string of the molecule is Cc1cccc(C(=O)NCC(=O)N/N=C/c2cc(Br)ccc2OC(=O)c2cccc(C)c2)c1. The molecule has 0 heterocycles. The van der Waals surface area contributed by atoms with Gasteiger partial charge in [0.2, 0.25) is 0 Å². The zero-order valence-electron chi connectivity index (χ0n) is 18.1. The summed E-state index contributed by atoms with van der Waals surface area (Å²) < 4.78 is 6.26. The van der Waals surface area contributed by atoms with Gasteiger partial charge in [-0.3, -0.25) is 9.59 Å². The number of hydrazone groups is 1. The van der Waals surface area contributed by atoms with Crippen LogP contribution in [0.5, 0.6) is 5.75 Å². The summed E-state index contributed by atoms with van der Waals surface area (Å²) in [6.45, 7) is 3.53. The van der Waals surface area contributed by atoms with Crippen molar-refractivity contribution in [2.24, 2.45) is 5.10 Å². The maximum absolute atomic E-state index is 12.5. The minimum atomic E-state index is -0.501. The molecule has 0 atom stereocenters. The molecular formula is C25H22BrN3O4. The quantitative estimate of drug-likeness (QED) is 0.217. The smallest absolute Gasteiger partial charge is 0.343 e. The van der Waals surface area contributed by atoms with E-state index in [0.717, 1.165) is 15.6 Å². The second kappa shape index (κ2) is 11.2. The summed E-state index contributed by atoms with van der Waals surface area (Å²) in [5, 5.41) is 6.46. The summed E-state index contributed by atoms with van der Waals surface area (Å²) in [7, 11) is 0. The lowest BCUT2D eigenvalue weighted by atomic mass is 10.1. The molecule has 0 unspecified atom stereocenters. The molecule has 8 heteroatoms. The molecule has 7 nitrogen and oxygen atoms in total. The largest absolute Gasteiger partial charge is 0.422 e. The van der Waals surface area contributed by atoms with E-state index in [0.29, 0.717) is 16.7 Å². The van der Waals surface area contributed by atoms with Crippen LogP contribution in [-0.2, 0) is 4.79 Å². The fraction of sp³-hybridized carbons (Fsp3) is 0.120. The van der Waals surface area contributed by atoms with E-state index < -0.39 is 11.9 Å². The fourth-order valence-electron chi connectivity index (χ4n) is 2.91. The van der Waals surface area contributed by atoms with Crippen molar-refractivity contribution < 1.29 is 19.1 Å². The minimum Gasteiger partial charge on any atom is -0.422 e. The molecule has 0 radical (unpaired) electrons. The highest BCUT2D eigenvalue weighted by Crippen LogP contribution is 2.23. The average Bonchev–Trinajstić information content (AvgIpc) is 2.79. The van der Waals surface area contributed by atoms with Gasteiger partial charge in [0.1, 0.15) is 5.75 Å². The Labute approximate surface area is 200 Å². The third-order valence-corrected chi connectivity index (χ3v) is 5.00. The van der Waals surface area contributed by atoms with Crippen molar-refractivity contribution in [1.29, 1.82) is 0 Å². The second-order valence-corrected chi connectivity index (χ2v) is 8.20. The molecule has 2 amide bonds. The van der Waals surface area contributed by atoms with Gasteiger partial charge in [0.05, 0.1) is 18.3 Å². The molecule has 0 saturated carbocycles. The lowest BCUT2D eigenvalue weighted by Gasteiger charge is -2.09. The standard InChI is InChI=1S/C25H22BrN3O4/c1-16-5-3-7-18(11-16)24(31)27-15-23(30)29-28-14-20-13-21(26)9-10-22(20)33-25(32)19-8-4-6-17(2)12-19/h3-14H,15H2,1-2H3,(H,27,31)(H,29,30)/b28-14+. The van der Waals surface area contributed by atoms with Gasteiger partial charge in [-0.05, 0) is 56.3 Å². The number of hydrogen-bond donors (Lipinski definition) is 2. The highest BCUT2D eigenvalue weighted by atomic mass is 79.9. The van der Waals surface area contributed by atoms with Crippen LogP contribution < -0.4 is 15.5 Å². The van der Waals surface area contributed by atoms with Crippen LogP contribution in [0.2, 0.25) is 0 Å². The maximum atomic E-state index is 12.5. The Hall–Kier alpha value is -3.78. The monoisotopic (exact) mass is 507 g/mol. The predicted octanol–water partition coefficient (Wildman–Crippen LogP) is 4.17. The molecule has 0 aliphatic heterocycles. The van der Waals surface area contributed by atoms with Crippen LogP contribution in [0.15, 0.2) is 76.3 Å². The Morgan fingerprint density at radius 2 is 1.61 bits per heavy atom. The summed E-state index contributed by atoms with van der Waals surface area (Å²) >= 11 is 3.37. The molecule has 0 aromatic heterocycles. The first-order chi connectivity index (χ1) is 15.8. The molecule has 0 aliphatic rings. The van der Waals surface area contributed by atoms with Crippen LogP contribution in [0.3, 0.4) is 0 Å². The van der Waals surface area contributed by atoms with E-state index in [1.165, 1.54) is 6.21 Å². The molecule has 0 saturated heterocycles. The van der Waals surface area contributed by atoms with Crippen molar-refractivity contribution in [2.45, 2.75) is 13.8 Å². The third kappa shape index (κ3) is 7.11. The van der Waals surface area contributed by atoms with E-state index in [1.54, 1.807) is 54.6 Å². The van der Waals surface area contributed by atoms with Crippen LogP contribution in [0.4, 0.5) is 0 Å². The van der Waals surface area contributed by atoms with Crippen molar-refractivity contribution in [2.75, 3.05) is 6.54 Å². The highest BCUT2D eigenvalue weighted by Gasteiger charge is 2.12. The Balaban J connectivity index is 1.60. The molecule has 3 aromatic rings. The van der Waals surface area contributed by atoms with Gasteiger partial charge in [-0.15, -0.1) is 0 Å². The summed E-state index contributed by atoms with van der Waals surface area (Å²) in [5.74, 6) is -1.07. The van der Waals surface area contributed by atoms with Gasteiger partial charge in [-0.2, -0.15) is 5.10 Å². The number of benzene rings is 3. The number of esters is 1. The van der Waals surface area contributed by atoms with Gasteiger partial charge in [-0.1, -0.05) is 51.3 Å². The van der Waals surface area contributed by atoms with Crippen molar-refractivity contribution in [1.82, 2.24) is 10.7 Å². The number of carbonyl (C=O) groups excluding carboxylic acids is 3. The van der Waals surface area contributed by atoms with Crippen LogP contribution >= 0.6 is 15.9 Å². The predicted molar refractivity (Wildman–Crippen MR) is 130 cm³/mol. The van der Waals surface area contributed by atoms with Crippen molar-refractivity contribution in [3.63, 3.8) is 0 Å². The Morgan fingerprint density at radius 1 is 0.939 bits per heavy atom. The number of halogens is 1. The zero-order chi connectivity index (χ0) is 23.8. The van der Waals surface area contributed by atoms with Gasteiger partial charge in [-0.25, -0.2) is 10.2 Å². The van der Waals surface area contributed by atoms with Crippen LogP contribution in [0, 0.1) is 13.8 Å². The van der Waals surface area contributed by atoms with Gasteiger partial charge in [0.25, 0.3) is 11.8 Å². The second-order valence-electron chi connectivity index (χ2n) is 7.29. The number of aryl methyl sites for hydroxylation is 2. The topological polar surface area (TPSA) is 96.9 Å². The molecular weight excluding hydrogens is 486 g/mol. The molecule has 168 valence electrons. The van der Waals surface area contributed by atoms with E-state index in [-0.39, 0.29) is 18.2 Å². The number of amides is 2. The van der Waals surface area contributed by atoms with Crippen molar-refractivity contribution in [3.8, 4) is 5.75 Å². The van der Waals surface area contributed by atoms with E-state index in [9.17, 15) is 14.4 Å². The summed E-state index contributed by atoms with van der Waals surface area (Å²) in [6.07, 6.45) is 1.36. The molecule has 3 aromatic carbocycles. The molecule has 33 heavy (non-hydrogen) atoms. The summed E-state index contributed by atoms with van der Waals surface area (Å²) in [6, 6.07) is 19.2. The average molecular weight is 508 g/mol. The first kappa shape index (κ1) is 23.9. The highest BCUT2D eigenvalue weighted by molar-refractivity contribution is 9.10. The van der Waals surface area contributed by atoms with E-state index >= 15 is 0 Å². The van der Waals surface area contributed by atoms with Gasteiger partial charge in [0.15, 0.2) is 0 Å². The molecule has 0 spiro atoms. The Morgan fingerprint density at radius 3 is 2.30 bits per heavy atom. The van der Waals surface area contributed by atoms with Crippen LogP contribution in [0.25, 0.3) is 0 Å². The third-order valence-electron chi connectivity index (χ3n) is 4.51. The Kier molecular flexibility index (Phi) is 8.10. The lowest BCUT2D eigenvalue weighted by Crippen LogP contribution is -2.34. The minimum absolute atomic E-state index is 0.238. The molecule has 2 N–H and O–H groups in total. The first-order valence-corrected chi connectivity index (χ1v) is 10.9. The molecule has 0 fully saturated rings. The normalized spacial score (nSPS) is 10.6. The van der Waals surface area contributed by atoms with Gasteiger partial charge < -0.3 is 10.1 Å². The van der Waals surface area contributed by atoms with E-state index in [2.05, 4.69) is 31.8 Å². The number of rotatable bonds is 7. The zero-order valence-corrected chi connectivity index (χ0v) is 19.7. The van der Waals surface area contributed by atoms with Gasteiger partial charge in [0, 0.05) is 15.6 Å². The van der Waals surface area contributed by atoms with Crippen molar-refractivity contribution in [3.05, 3.63) is 99.0 Å². The summed E-state index contributed by atoms with van der Waals surface area (Å²) in [4.78, 5) is 36.7.